The van der Waals surface area contributed by atoms with E-state index in [4.69, 9.17) is 4.74 Å². The highest BCUT2D eigenvalue weighted by atomic mass is 32.2. The van der Waals surface area contributed by atoms with Gasteiger partial charge in [0.1, 0.15) is 5.75 Å². The van der Waals surface area contributed by atoms with Crippen LogP contribution in [-0.2, 0) is 20.0 Å². The van der Waals surface area contributed by atoms with Crippen molar-refractivity contribution in [3.8, 4) is 5.75 Å². The number of hydrogen-bond acceptors (Lipinski definition) is 5. The molecule has 0 bridgehead atoms. The number of sulfonamides is 2. The van der Waals surface area contributed by atoms with E-state index in [0.29, 0.717) is 60.1 Å². The number of piperidine rings is 1. The van der Waals surface area contributed by atoms with Crippen LogP contribution in [-0.4, -0.2) is 58.7 Å². The Morgan fingerprint density at radius 2 is 1.37 bits per heavy atom. The molecular weight excluding hydrogens is 484 g/mol. The van der Waals surface area contributed by atoms with Crippen LogP contribution in [0.15, 0.2) is 34.1 Å². The summed E-state index contributed by atoms with van der Waals surface area (Å²) in [4.78, 5) is 0.729. The van der Waals surface area contributed by atoms with Crippen molar-refractivity contribution in [2.75, 3.05) is 33.3 Å². The monoisotopic (exact) mass is 520 g/mol. The zero-order valence-electron chi connectivity index (χ0n) is 21.5. The van der Waals surface area contributed by atoms with Gasteiger partial charge in [-0.15, -0.1) is 0 Å². The third-order valence-corrected chi connectivity index (χ3v) is 12.1. The van der Waals surface area contributed by atoms with Gasteiger partial charge >= 0.3 is 0 Å². The maximum absolute atomic E-state index is 13.7. The van der Waals surface area contributed by atoms with Gasteiger partial charge in [-0.2, -0.15) is 8.61 Å². The molecule has 0 amide bonds. The van der Waals surface area contributed by atoms with E-state index < -0.39 is 20.0 Å². The van der Waals surface area contributed by atoms with Crippen LogP contribution in [0.2, 0.25) is 0 Å². The smallest absolute Gasteiger partial charge is 0.243 e. The second kappa shape index (κ2) is 9.18. The highest BCUT2D eigenvalue weighted by Gasteiger charge is 2.46. The first kappa shape index (κ1) is 26.1. The first-order valence-corrected chi connectivity index (χ1v) is 14.9. The Morgan fingerprint density at radius 1 is 0.771 bits per heavy atom. The lowest BCUT2D eigenvalue weighted by atomic mass is 9.78. The Bertz CT molecular complexity index is 1360. The third kappa shape index (κ3) is 4.52. The summed E-state index contributed by atoms with van der Waals surface area (Å²) in [6.45, 7) is 10.9. The fourth-order valence-corrected chi connectivity index (χ4v) is 9.38. The number of hydrogen-bond donors (Lipinski definition) is 0. The largest absolute Gasteiger partial charge is 0.496 e. The summed E-state index contributed by atoms with van der Waals surface area (Å²) in [5.41, 5.74) is 3.70. The summed E-state index contributed by atoms with van der Waals surface area (Å²) in [6, 6.07) is 7.29. The van der Waals surface area contributed by atoms with E-state index >= 15 is 0 Å². The normalized spacial score (nSPS) is 19.4. The molecule has 0 aromatic heterocycles. The number of benzene rings is 2. The molecule has 2 aromatic carbocycles. The molecule has 192 valence electrons. The van der Waals surface area contributed by atoms with Crippen molar-refractivity contribution in [1.82, 2.24) is 8.61 Å². The average Bonchev–Trinajstić information content (AvgIpc) is 3.22. The van der Waals surface area contributed by atoms with Crippen LogP contribution in [0.25, 0.3) is 0 Å². The number of aryl methyl sites for hydroxylation is 3. The SMILES string of the molecule is COc1cc(C)c(S(=O)(=O)N2CCC3(CCN(S(=O)(=O)c4cc(C)ccc4C)CC3)C2)c(C)c1C. The molecule has 0 atom stereocenters. The Morgan fingerprint density at radius 3 is 1.97 bits per heavy atom. The molecule has 7 nitrogen and oxygen atoms in total. The Kier molecular flexibility index (Phi) is 6.85. The molecule has 2 saturated heterocycles. The van der Waals surface area contributed by atoms with Gasteiger partial charge < -0.3 is 4.74 Å². The number of methoxy groups -OCH3 is 1. The Balaban J connectivity index is 1.53. The molecule has 2 aliphatic heterocycles. The van der Waals surface area contributed by atoms with E-state index in [0.717, 1.165) is 28.7 Å². The van der Waals surface area contributed by atoms with Crippen LogP contribution in [0.4, 0.5) is 0 Å². The van der Waals surface area contributed by atoms with Crippen molar-refractivity contribution >= 4 is 20.0 Å². The molecule has 4 rings (SSSR count). The molecule has 2 heterocycles. The van der Waals surface area contributed by atoms with Gasteiger partial charge in [-0.05, 0) is 99.2 Å². The summed E-state index contributed by atoms with van der Waals surface area (Å²) in [5, 5.41) is 0. The highest BCUT2D eigenvalue weighted by Crippen LogP contribution is 2.44. The Hall–Kier alpha value is -1.94. The van der Waals surface area contributed by atoms with Crippen LogP contribution in [0.5, 0.6) is 5.75 Å². The molecule has 2 fully saturated rings. The van der Waals surface area contributed by atoms with Crippen molar-refractivity contribution in [1.29, 1.82) is 0 Å². The molecular formula is C26H36N2O5S2. The van der Waals surface area contributed by atoms with Crippen LogP contribution in [0, 0.1) is 40.0 Å². The minimum Gasteiger partial charge on any atom is -0.496 e. The van der Waals surface area contributed by atoms with Crippen LogP contribution in [0.3, 0.4) is 0 Å². The molecule has 0 saturated carbocycles. The molecule has 1 spiro atoms. The molecule has 0 radical (unpaired) electrons. The first-order valence-electron chi connectivity index (χ1n) is 12.0. The lowest BCUT2D eigenvalue weighted by Crippen LogP contribution is -2.44. The maximum Gasteiger partial charge on any atom is 0.243 e. The summed E-state index contributed by atoms with van der Waals surface area (Å²) in [6.07, 6.45) is 2.06. The van der Waals surface area contributed by atoms with E-state index in [9.17, 15) is 16.8 Å². The molecule has 35 heavy (non-hydrogen) atoms. The summed E-state index contributed by atoms with van der Waals surface area (Å²) in [7, 11) is -5.66. The fraction of sp³-hybridized carbons (Fsp3) is 0.538. The summed E-state index contributed by atoms with van der Waals surface area (Å²) < 4.78 is 62.7. The number of nitrogens with zero attached hydrogens (tertiary/aromatic N) is 2. The topological polar surface area (TPSA) is 84.0 Å². The minimum atomic E-state index is -3.67. The van der Waals surface area contributed by atoms with E-state index in [-0.39, 0.29) is 5.41 Å². The summed E-state index contributed by atoms with van der Waals surface area (Å²) >= 11 is 0. The van der Waals surface area contributed by atoms with Gasteiger partial charge in [-0.1, -0.05) is 12.1 Å². The molecule has 0 aliphatic carbocycles. The van der Waals surface area contributed by atoms with Crippen LogP contribution < -0.4 is 4.74 Å². The van der Waals surface area contributed by atoms with E-state index in [1.165, 1.54) is 0 Å². The fourth-order valence-electron chi connectivity index (χ4n) is 5.59. The highest BCUT2D eigenvalue weighted by molar-refractivity contribution is 7.89. The van der Waals surface area contributed by atoms with Gasteiger partial charge in [0.15, 0.2) is 0 Å². The van der Waals surface area contributed by atoms with Crippen molar-refractivity contribution in [2.24, 2.45) is 5.41 Å². The van der Waals surface area contributed by atoms with Gasteiger partial charge in [0.05, 0.1) is 16.9 Å². The molecule has 0 N–H and O–H groups in total. The van der Waals surface area contributed by atoms with Crippen molar-refractivity contribution < 1.29 is 21.6 Å². The lowest BCUT2D eigenvalue weighted by molar-refractivity contribution is 0.167. The van der Waals surface area contributed by atoms with Gasteiger partial charge in [0.25, 0.3) is 0 Å². The number of rotatable bonds is 5. The van der Waals surface area contributed by atoms with Gasteiger partial charge in [-0.3, -0.25) is 0 Å². The number of ether oxygens (including phenoxy) is 1. The zero-order valence-corrected chi connectivity index (χ0v) is 23.1. The quantitative estimate of drug-likeness (QED) is 0.593. The van der Waals surface area contributed by atoms with Crippen molar-refractivity contribution in [3.63, 3.8) is 0 Å². The molecule has 2 aliphatic rings. The van der Waals surface area contributed by atoms with Gasteiger partial charge in [0, 0.05) is 26.2 Å². The summed E-state index contributed by atoms with van der Waals surface area (Å²) in [5.74, 6) is 0.689. The predicted octanol–water partition coefficient (Wildman–Crippen LogP) is 4.10. The lowest BCUT2D eigenvalue weighted by Gasteiger charge is -2.38. The first-order chi connectivity index (χ1) is 16.3. The van der Waals surface area contributed by atoms with Gasteiger partial charge in [-0.25, -0.2) is 16.8 Å². The van der Waals surface area contributed by atoms with Crippen LogP contribution in [0.1, 0.15) is 47.1 Å². The minimum absolute atomic E-state index is 0.190. The standard InChI is InChI=1S/C26H36N2O5S2/c1-18-7-8-19(2)24(15-18)34(29,30)27-12-9-26(10-13-27)11-14-28(17-26)35(31,32)25-20(3)16-23(33-6)21(4)22(25)5/h7-8,15-16H,9-14,17H2,1-6H3. The second-order valence-corrected chi connectivity index (χ2v) is 14.0. The zero-order chi connectivity index (χ0) is 25.8. The van der Waals surface area contributed by atoms with Crippen LogP contribution >= 0.6 is 0 Å². The molecule has 2 aromatic rings. The van der Waals surface area contributed by atoms with E-state index in [1.54, 1.807) is 27.9 Å². The second-order valence-electron chi connectivity index (χ2n) is 10.2. The van der Waals surface area contributed by atoms with Crippen molar-refractivity contribution in [2.45, 2.75) is 63.7 Å². The van der Waals surface area contributed by atoms with Gasteiger partial charge in [0.2, 0.25) is 20.0 Å². The molecule has 9 heteroatoms. The Labute approximate surface area is 210 Å². The molecule has 0 unspecified atom stereocenters. The van der Waals surface area contributed by atoms with Crippen molar-refractivity contribution in [3.05, 3.63) is 52.1 Å². The third-order valence-electron chi connectivity index (χ3n) is 7.94. The van der Waals surface area contributed by atoms with E-state index in [2.05, 4.69) is 0 Å². The maximum atomic E-state index is 13.7. The average molecular weight is 521 g/mol. The van der Waals surface area contributed by atoms with E-state index in [1.807, 2.05) is 46.8 Å². The predicted molar refractivity (Wildman–Crippen MR) is 137 cm³/mol.